The molecule has 0 radical (unpaired) electrons. The highest BCUT2D eigenvalue weighted by molar-refractivity contribution is 7.92. The number of H-pyrrole nitrogens is 1. The molecular weight excluding hydrogens is 458 g/mol. The number of anilines is 1. The number of aromatic nitrogens is 3. The van der Waals surface area contributed by atoms with Crippen molar-refractivity contribution in [1.29, 1.82) is 0 Å². The van der Waals surface area contributed by atoms with Gasteiger partial charge in [0.2, 0.25) is 10.0 Å². The highest BCUT2D eigenvalue weighted by Crippen LogP contribution is 2.31. The van der Waals surface area contributed by atoms with Crippen molar-refractivity contribution < 1.29 is 17.2 Å². The number of hydrogen-bond acceptors (Lipinski definition) is 3. The van der Waals surface area contributed by atoms with Crippen molar-refractivity contribution >= 4 is 26.7 Å². The van der Waals surface area contributed by atoms with E-state index in [4.69, 9.17) is 0 Å². The zero-order valence-electron chi connectivity index (χ0n) is 18.1. The molecule has 0 unspecified atom stereocenters. The van der Waals surface area contributed by atoms with Crippen molar-refractivity contribution in [2.24, 2.45) is 0 Å². The molecule has 0 amide bonds. The van der Waals surface area contributed by atoms with Crippen LogP contribution < -0.4 is 4.72 Å². The summed E-state index contributed by atoms with van der Waals surface area (Å²) in [6, 6.07) is 17.9. The summed E-state index contributed by atoms with van der Waals surface area (Å²) in [6.07, 6.45) is 3.47. The number of rotatable bonds is 6. The maximum atomic E-state index is 14.6. The molecule has 0 aliphatic carbocycles. The third-order valence-corrected chi connectivity index (χ3v) is 6.85. The number of sulfonamides is 1. The number of nitrogens with zero attached hydrogens (tertiary/aromatic N) is 2. The van der Waals surface area contributed by atoms with Crippen LogP contribution in [0.4, 0.5) is 14.5 Å². The maximum absolute atomic E-state index is 14.6. The molecule has 5 rings (SSSR count). The standard InChI is InChI=1S/C25H20F2N4O2S/c1-2-34(32,33)30-19-10-17(21-7-6-18(26)13-22(21)27)11-20(14-19)31-15-29-24-12-16(5-8-25(24)31)23-4-3-9-28-23/h3-15,28,30H,2H2,1H3. The van der Waals surface area contributed by atoms with Crippen molar-refractivity contribution in [3.05, 3.63) is 90.9 Å². The lowest BCUT2D eigenvalue weighted by Crippen LogP contribution is -2.15. The Kier molecular flexibility index (Phi) is 5.41. The molecule has 0 spiro atoms. The molecule has 0 fully saturated rings. The molecule has 34 heavy (non-hydrogen) atoms. The van der Waals surface area contributed by atoms with Gasteiger partial charge in [-0.05, 0) is 67.1 Å². The van der Waals surface area contributed by atoms with E-state index in [0.717, 1.165) is 34.4 Å². The Hall–Kier alpha value is -3.98. The molecule has 0 saturated heterocycles. The Morgan fingerprint density at radius 1 is 1.00 bits per heavy atom. The molecule has 0 aliphatic heterocycles. The van der Waals surface area contributed by atoms with Crippen LogP contribution in [0.15, 0.2) is 79.3 Å². The fraction of sp³-hybridized carbons (Fsp3) is 0.0800. The molecule has 2 heterocycles. The Morgan fingerprint density at radius 2 is 1.85 bits per heavy atom. The van der Waals surface area contributed by atoms with Crippen LogP contribution in [-0.4, -0.2) is 28.7 Å². The van der Waals surface area contributed by atoms with Crippen LogP contribution >= 0.6 is 0 Å². The van der Waals surface area contributed by atoms with E-state index in [2.05, 4.69) is 14.7 Å². The lowest BCUT2D eigenvalue weighted by molar-refractivity contribution is 0.585. The van der Waals surface area contributed by atoms with E-state index in [1.165, 1.54) is 19.1 Å². The second kappa shape index (κ2) is 8.42. The van der Waals surface area contributed by atoms with Gasteiger partial charge in [-0.3, -0.25) is 9.29 Å². The second-order valence-electron chi connectivity index (χ2n) is 7.80. The first-order valence-corrected chi connectivity index (χ1v) is 12.2. The summed E-state index contributed by atoms with van der Waals surface area (Å²) in [5.74, 6) is -1.55. The minimum Gasteiger partial charge on any atom is -0.361 e. The van der Waals surface area contributed by atoms with Crippen molar-refractivity contribution in [3.63, 3.8) is 0 Å². The monoisotopic (exact) mass is 478 g/mol. The zero-order valence-corrected chi connectivity index (χ0v) is 18.9. The SMILES string of the molecule is CCS(=O)(=O)Nc1cc(-c2ccc(F)cc2F)cc(-n2cnc3cc(-c4ccc[nH]4)ccc32)c1. The van der Waals surface area contributed by atoms with Crippen LogP contribution in [0, 0.1) is 11.6 Å². The Balaban J connectivity index is 1.66. The smallest absolute Gasteiger partial charge is 0.232 e. The van der Waals surface area contributed by atoms with Gasteiger partial charge in [0.05, 0.1) is 22.5 Å². The number of fused-ring (bicyclic) bond motifs is 1. The molecule has 5 aromatic rings. The molecule has 0 saturated carbocycles. The fourth-order valence-corrected chi connectivity index (χ4v) is 4.46. The number of nitrogens with one attached hydrogen (secondary N) is 2. The molecule has 2 aromatic heterocycles. The molecule has 6 nitrogen and oxygen atoms in total. The van der Waals surface area contributed by atoms with Crippen LogP contribution in [0.25, 0.3) is 39.1 Å². The van der Waals surface area contributed by atoms with E-state index >= 15 is 0 Å². The number of aromatic amines is 1. The van der Waals surface area contributed by atoms with Gasteiger partial charge in [-0.25, -0.2) is 22.2 Å². The molecule has 0 atom stereocenters. The molecule has 2 N–H and O–H groups in total. The number of benzene rings is 3. The van der Waals surface area contributed by atoms with Gasteiger partial charge >= 0.3 is 0 Å². The normalized spacial score (nSPS) is 11.7. The Bertz CT molecular complexity index is 1610. The predicted molar refractivity (Wildman–Crippen MR) is 129 cm³/mol. The van der Waals surface area contributed by atoms with Gasteiger partial charge in [0.25, 0.3) is 0 Å². The summed E-state index contributed by atoms with van der Waals surface area (Å²) >= 11 is 0. The third-order valence-electron chi connectivity index (χ3n) is 5.55. The van der Waals surface area contributed by atoms with Crippen LogP contribution in [0.5, 0.6) is 0 Å². The molecule has 0 aliphatic rings. The third kappa shape index (κ3) is 4.17. The largest absolute Gasteiger partial charge is 0.361 e. The number of imidazole rings is 1. The van der Waals surface area contributed by atoms with E-state index < -0.39 is 21.7 Å². The van der Waals surface area contributed by atoms with Crippen LogP contribution in [-0.2, 0) is 10.0 Å². The van der Waals surface area contributed by atoms with Gasteiger partial charge in [-0.2, -0.15) is 0 Å². The van der Waals surface area contributed by atoms with Gasteiger partial charge in [0.1, 0.15) is 18.0 Å². The van der Waals surface area contributed by atoms with E-state index in [1.807, 2.05) is 36.5 Å². The Labute approximate surface area is 195 Å². The highest BCUT2D eigenvalue weighted by atomic mass is 32.2. The van der Waals surface area contributed by atoms with Gasteiger partial charge in [-0.1, -0.05) is 6.07 Å². The highest BCUT2D eigenvalue weighted by Gasteiger charge is 2.15. The quantitative estimate of drug-likeness (QED) is 0.327. The van der Waals surface area contributed by atoms with Gasteiger partial charge in [0.15, 0.2) is 0 Å². The first kappa shape index (κ1) is 21.8. The summed E-state index contributed by atoms with van der Waals surface area (Å²) < 4.78 is 56.8. The predicted octanol–water partition coefficient (Wildman–Crippen LogP) is 5.73. The minimum absolute atomic E-state index is 0.118. The van der Waals surface area contributed by atoms with Crippen LogP contribution in [0.3, 0.4) is 0 Å². The number of hydrogen-bond donors (Lipinski definition) is 2. The van der Waals surface area contributed by atoms with Crippen LogP contribution in [0.1, 0.15) is 6.92 Å². The molecular formula is C25H20F2N4O2S. The topological polar surface area (TPSA) is 79.8 Å². The van der Waals surface area contributed by atoms with Crippen molar-refractivity contribution in [3.8, 4) is 28.1 Å². The average Bonchev–Trinajstić information content (AvgIpc) is 3.48. The average molecular weight is 479 g/mol. The van der Waals surface area contributed by atoms with E-state index in [0.29, 0.717) is 11.3 Å². The lowest BCUT2D eigenvalue weighted by Gasteiger charge is -2.14. The van der Waals surface area contributed by atoms with E-state index in [9.17, 15) is 17.2 Å². The minimum atomic E-state index is -3.58. The summed E-state index contributed by atoms with van der Waals surface area (Å²) in [4.78, 5) is 7.67. The van der Waals surface area contributed by atoms with Gasteiger partial charge in [0, 0.05) is 34.8 Å². The molecule has 172 valence electrons. The molecule has 3 aromatic carbocycles. The van der Waals surface area contributed by atoms with Crippen molar-refractivity contribution in [2.45, 2.75) is 6.92 Å². The molecule has 9 heteroatoms. The van der Waals surface area contributed by atoms with E-state index in [1.54, 1.807) is 23.0 Å². The zero-order chi connectivity index (χ0) is 23.9. The van der Waals surface area contributed by atoms with Crippen molar-refractivity contribution in [1.82, 2.24) is 14.5 Å². The second-order valence-corrected chi connectivity index (χ2v) is 9.81. The summed E-state index contributed by atoms with van der Waals surface area (Å²) in [5.41, 5.74) is 4.85. The summed E-state index contributed by atoms with van der Waals surface area (Å²) in [7, 11) is -3.58. The number of halogens is 2. The van der Waals surface area contributed by atoms with Gasteiger partial charge < -0.3 is 4.98 Å². The van der Waals surface area contributed by atoms with Crippen LogP contribution in [0.2, 0.25) is 0 Å². The Morgan fingerprint density at radius 3 is 2.59 bits per heavy atom. The lowest BCUT2D eigenvalue weighted by atomic mass is 10.0. The summed E-state index contributed by atoms with van der Waals surface area (Å²) in [5, 5.41) is 0. The summed E-state index contributed by atoms with van der Waals surface area (Å²) in [6.45, 7) is 1.53. The molecule has 0 bridgehead atoms. The fourth-order valence-electron chi connectivity index (χ4n) is 3.84. The maximum Gasteiger partial charge on any atom is 0.232 e. The first-order chi connectivity index (χ1) is 16.3. The van der Waals surface area contributed by atoms with Crippen molar-refractivity contribution in [2.75, 3.05) is 10.5 Å². The van der Waals surface area contributed by atoms with Gasteiger partial charge in [-0.15, -0.1) is 0 Å². The first-order valence-electron chi connectivity index (χ1n) is 10.6. The van der Waals surface area contributed by atoms with E-state index in [-0.39, 0.29) is 17.0 Å².